The van der Waals surface area contributed by atoms with Crippen molar-refractivity contribution in [1.82, 2.24) is 0 Å². The van der Waals surface area contributed by atoms with Gasteiger partial charge in [0.15, 0.2) is 0 Å². The number of nitrogen functional groups attached to an aromatic ring is 1. The van der Waals surface area contributed by atoms with Crippen molar-refractivity contribution < 1.29 is 8.42 Å². The van der Waals surface area contributed by atoms with E-state index in [4.69, 9.17) is 11.0 Å². The van der Waals surface area contributed by atoms with Gasteiger partial charge in [-0.25, -0.2) is 8.42 Å². The lowest BCUT2D eigenvalue weighted by Crippen LogP contribution is -2.14. The minimum absolute atomic E-state index is 0.118. The van der Waals surface area contributed by atoms with Crippen LogP contribution in [0.3, 0.4) is 0 Å². The van der Waals surface area contributed by atoms with Crippen molar-refractivity contribution in [1.29, 1.82) is 5.26 Å². The molecular weight excluding hydrogens is 354 g/mol. The van der Waals surface area contributed by atoms with Crippen LogP contribution in [0.15, 0.2) is 45.8 Å². The highest BCUT2D eigenvalue weighted by Gasteiger charge is 2.18. The first-order valence-electron chi connectivity index (χ1n) is 5.92. The van der Waals surface area contributed by atoms with E-state index in [2.05, 4.69) is 20.7 Å². The molecule has 0 atom stereocenters. The average Bonchev–Trinajstić information content (AvgIpc) is 2.43. The molecule has 2 aromatic carbocycles. The number of nitrogens with two attached hydrogens (primary N) is 1. The third kappa shape index (κ3) is 3.35. The number of aryl methyl sites for hydroxylation is 1. The van der Waals surface area contributed by atoms with Crippen molar-refractivity contribution in [3.63, 3.8) is 0 Å². The van der Waals surface area contributed by atoms with Gasteiger partial charge in [0.1, 0.15) is 0 Å². The lowest BCUT2D eigenvalue weighted by Gasteiger charge is -2.12. The van der Waals surface area contributed by atoms with E-state index in [1.807, 2.05) is 6.07 Å². The second-order valence-corrected chi connectivity index (χ2v) is 6.94. The number of anilines is 2. The number of nitrogens with one attached hydrogen (secondary N) is 1. The van der Waals surface area contributed by atoms with E-state index in [0.29, 0.717) is 27.0 Å². The van der Waals surface area contributed by atoms with Crippen LogP contribution in [0.5, 0.6) is 0 Å². The minimum Gasteiger partial charge on any atom is -0.398 e. The highest BCUT2D eigenvalue weighted by Crippen LogP contribution is 2.27. The summed E-state index contributed by atoms with van der Waals surface area (Å²) in [5, 5.41) is 8.72. The Morgan fingerprint density at radius 1 is 1.24 bits per heavy atom. The molecule has 0 aromatic heterocycles. The number of rotatable bonds is 3. The maximum Gasteiger partial charge on any atom is 0.262 e. The van der Waals surface area contributed by atoms with Gasteiger partial charge in [-0.1, -0.05) is 0 Å². The predicted molar refractivity (Wildman–Crippen MR) is 85.3 cm³/mol. The van der Waals surface area contributed by atoms with E-state index >= 15 is 0 Å². The molecule has 0 unspecified atom stereocenters. The van der Waals surface area contributed by atoms with Crippen molar-refractivity contribution in [2.75, 3.05) is 10.5 Å². The molecule has 0 saturated carbocycles. The number of halogens is 1. The molecule has 0 aliphatic rings. The highest BCUT2D eigenvalue weighted by atomic mass is 79.9. The molecule has 2 aromatic rings. The Hall–Kier alpha value is -2.04. The average molecular weight is 366 g/mol. The van der Waals surface area contributed by atoms with Gasteiger partial charge in [0, 0.05) is 15.8 Å². The maximum atomic E-state index is 12.4. The molecule has 5 nitrogen and oxygen atoms in total. The van der Waals surface area contributed by atoms with Crippen LogP contribution in [0.2, 0.25) is 0 Å². The maximum absolute atomic E-state index is 12.4. The van der Waals surface area contributed by atoms with Gasteiger partial charge in [0.25, 0.3) is 10.0 Å². The Labute approximate surface area is 131 Å². The largest absolute Gasteiger partial charge is 0.398 e. The zero-order chi connectivity index (χ0) is 15.6. The summed E-state index contributed by atoms with van der Waals surface area (Å²) in [5.41, 5.74) is 7.52. The van der Waals surface area contributed by atoms with Crippen LogP contribution in [0.25, 0.3) is 0 Å². The molecule has 0 heterocycles. The fourth-order valence-corrected chi connectivity index (χ4v) is 3.56. The van der Waals surface area contributed by atoms with Gasteiger partial charge in [-0.15, -0.1) is 0 Å². The van der Waals surface area contributed by atoms with Crippen LogP contribution in [0.1, 0.15) is 11.1 Å². The summed E-state index contributed by atoms with van der Waals surface area (Å²) in [4.78, 5) is 0.118. The molecule has 2 rings (SSSR count). The van der Waals surface area contributed by atoms with Crippen molar-refractivity contribution in [2.24, 2.45) is 0 Å². The van der Waals surface area contributed by atoms with Crippen LogP contribution in [-0.2, 0) is 10.0 Å². The Bertz CT molecular complexity index is 825. The van der Waals surface area contributed by atoms with Gasteiger partial charge in [0.2, 0.25) is 0 Å². The zero-order valence-electron chi connectivity index (χ0n) is 11.1. The quantitative estimate of drug-likeness (QED) is 0.817. The molecule has 3 N–H and O–H groups in total. The molecule has 0 fully saturated rings. The zero-order valence-corrected chi connectivity index (χ0v) is 13.5. The number of benzene rings is 2. The summed E-state index contributed by atoms with van der Waals surface area (Å²) < 4.78 is 27.9. The van der Waals surface area contributed by atoms with Crippen molar-refractivity contribution in [2.45, 2.75) is 11.8 Å². The molecule has 21 heavy (non-hydrogen) atoms. The summed E-state index contributed by atoms with van der Waals surface area (Å²) in [7, 11) is -3.74. The first-order chi connectivity index (χ1) is 9.83. The van der Waals surface area contributed by atoms with Crippen LogP contribution < -0.4 is 10.5 Å². The Kier molecular flexibility index (Phi) is 4.21. The number of hydrogen-bond acceptors (Lipinski definition) is 4. The monoisotopic (exact) mass is 365 g/mol. The van der Waals surface area contributed by atoms with Crippen molar-refractivity contribution in [3.8, 4) is 6.07 Å². The normalized spacial score (nSPS) is 10.9. The second kappa shape index (κ2) is 5.76. The number of hydrogen-bond donors (Lipinski definition) is 2. The SMILES string of the molecule is Cc1cc(Br)c(N)cc1S(=O)(=O)Nc1ccc(C#N)cc1. The molecule has 0 saturated heterocycles. The lowest BCUT2D eigenvalue weighted by molar-refractivity contribution is 0.600. The smallest absolute Gasteiger partial charge is 0.262 e. The first-order valence-corrected chi connectivity index (χ1v) is 8.20. The summed E-state index contributed by atoms with van der Waals surface area (Å²) in [6.07, 6.45) is 0. The predicted octanol–water partition coefficient (Wildman–Crippen LogP) is 3.01. The van der Waals surface area contributed by atoms with E-state index in [1.54, 1.807) is 25.1 Å². The Balaban J connectivity index is 2.38. The standard InChI is InChI=1S/C14H12BrN3O2S/c1-9-6-12(15)13(17)7-14(9)21(19,20)18-11-4-2-10(8-16)3-5-11/h2-7,18H,17H2,1H3. The van der Waals surface area contributed by atoms with Crippen LogP contribution in [-0.4, -0.2) is 8.42 Å². The fraction of sp³-hybridized carbons (Fsp3) is 0.0714. The molecular formula is C14H12BrN3O2S. The molecule has 108 valence electrons. The van der Waals surface area contributed by atoms with Gasteiger partial charge in [0.05, 0.1) is 16.5 Å². The van der Waals surface area contributed by atoms with Gasteiger partial charge < -0.3 is 5.73 Å². The molecule has 0 bridgehead atoms. The van der Waals surface area contributed by atoms with Crippen LogP contribution >= 0.6 is 15.9 Å². The van der Waals surface area contributed by atoms with Gasteiger partial charge >= 0.3 is 0 Å². The number of sulfonamides is 1. The van der Waals surface area contributed by atoms with E-state index < -0.39 is 10.0 Å². The van der Waals surface area contributed by atoms with E-state index in [-0.39, 0.29) is 4.90 Å². The molecule has 0 amide bonds. The van der Waals surface area contributed by atoms with Gasteiger partial charge in [-0.05, 0) is 64.8 Å². The number of nitriles is 1. The molecule has 7 heteroatoms. The summed E-state index contributed by atoms with van der Waals surface area (Å²) in [5.74, 6) is 0. The Morgan fingerprint density at radius 2 is 1.86 bits per heavy atom. The van der Waals surface area contributed by atoms with Crippen LogP contribution in [0, 0.1) is 18.3 Å². The second-order valence-electron chi connectivity index (χ2n) is 4.43. The highest BCUT2D eigenvalue weighted by molar-refractivity contribution is 9.10. The molecule has 0 spiro atoms. The third-order valence-electron chi connectivity index (χ3n) is 2.85. The number of nitrogens with zero attached hydrogens (tertiary/aromatic N) is 1. The van der Waals surface area contributed by atoms with Crippen LogP contribution in [0.4, 0.5) is 11.4 Å². The lowest BCUT2D eigenvalue weighted by atomic mass is 10.2. The van der Waals surface area contributed by atoms with Gasteiger partial charge in [-0.3, -0.25) is 4.72 Å². The van der Waals surface area contributed by atoms with Crippen molar-refractivity contribution >= 4 is 37.3 Å². The summed E-state index contributed by atoms with van der Waals surface area (Å²) in [6, 6.07) is 11.2. The van der Waals surface area contributed by atoms with Gasteiger partial charge in [-0.2, -0.15) is 5.26 Å². The summed E-state index contributed by atoms with van der Waals surface area (Å²) >= 11 is 3.26. The molecule has 0 aliphatic heterocycles. The third-order valence-corrected chi connectivity index (χ3v) is 5.06. The summed E-state index contributed by atoms with van der Waals surface area (Å²) in [6.45, 7) is 1.69. The fourth-order valence-electron chi connectivity index (χ4n) is 1.78. The molecule has 0 aliphatic carbocycles. The van der Waals surface area contributed by atoms with E-state index in [0.717, 1.165) is 0 Å². The topological polar surface area (TPSA) is 96.0 Å². The van der Waals surface area contributed by atoms with E-state index in [9.17, 15) is 8.42 Å². The van der Waals surface area contributed by atoms with E-state index in [1.165, 1.54) is 18.2 Å². The molecule has 0 radical (unpaired) electrons. The minimum atomic E-state index is -3.74. The van der Waals surface area contributed by atoms with Crippen molar-refractivity contribution in [3.05, 3.63) is 52.0 Å². The Morgan fingerprint density at radius 3 is 2.43 bits per heavy atom. The first kappa shape index (κ1) is 15.4.